The Hall–Kier alpha value is -3.33. The number of fused-ring (bicyclic) bond motifs is 1. The highest BCUT2D eigenvalue weighted by atomic mass is 32.2. The first-order valence-corrected chi connectivity index (χ1v) is 19.4. The van der Waals surface area contributed by atoms with Gasteiger partial charge in [-0.25, -0.2) is 26.3 Å². The Morgan fingerprint density at radius 2 is 1.59 bits per heavy atom. The predicted molar refractivity (Wildman–Crippen MR) is 192 cm³/mol. The fourth-order valence-electron chi connectivity index (χ4n) is 6.83. The molecule has 1 aliphatic heterocycles. The van der Waals surface area contributed by atoms with Gasteiger partial charge in [0.15, 0.2) is 0 Å². The fraction of sp³-hybridized carbons (Fsp3) is 0.722. The summed E-state index contributed by atoms with van der Waals surface area (Å²) in [6.45, 7) is 15.3. The maximum atomic E-state index is 14.3. The third-order valence-corrected chi connectivity index (χ3v) is 11.6. The first-order chi connectivity index (χ1) is 23.4. The topological polar surface area (TPSA) is 157 Å². The van der Waals surface area contributed by atoms with Crippen molar-refractivity contribution in [2.45, 2.75) is 105 Å². The van der Waals surface area contributed by atoms with E-state index in [4.69, 9.17) is 0 Å². The molecule has 1 heterocycles. The van der Waals surface area contributed by atoms with E-state index in [1.54, 1.807) is 20.8 Å². The lowest BCUT2D eigenvalue weighted by atomic mass is 9.85. The zero-order valence-electron chi connectivity index (χ0n) is 31.7. The molecule has 0 radical (unpaired) electrons. The lowest BCUT2D eigenvalue weighted by molar-refractivity contribution is -0.144. The molecule has 1 saturated carbocycles. The second-order valence-corrected chi connectivity index (χ2v) is 18.9. The van der Waals surface area contributed by atoms with E-state index < -0.39 is 81.6 Å². The molecule has 0 unspecified atom stereocenters. The molecule has 2 aliphatic rings. The minimum atomic E-state index is -3.53. The number of urea groups is 1. The lowest BCUT2D eigenvalue weighted by Gasteiger charge is -2.39. The van der Waals surface area contributed by atoms with Crippen LogP contribution in [-0.4, -0.2) is 105 Å². The molecule has 4 N–H and O–H groups in total. The molecule has 6 atom stereocenters. The molecule has 2 fully saturated rings. The number of likely N-dealkylation sites (N-methyl/N-ethyl adjacent to an activating group) is 1. The Balaban J connectivity index is 1.77. The molecule has 5 amide bonds. The van der Waals surface area contributed by atoms with Gasteiger partial charge in [0.2, 0.25) is 34.2 Å². The van der Waals surface area contributed by atoms with Gasteiger partial charge in [-0.05, 0) is 46.5 Å². The number of aryl methyl sites for hydroxylation is 1. The average Bonchev–Trinajstić information content (AvgIpc) is 3.31. The summed E-state index contributed by atoms with van der Waals surface area (Å²) >= 11 is 0. The minimum Gasteiger partial charge on any atom is -0.354 e. The van der Waals surface area contributed by atoms with Gasteiger partial charge in [0.1, 0.15) is 18.1 Å². The Morgan fingerprint density at radius 3 is 2.12 bits per heavy atom. The summed E-state index contributed by atoms with van der Waals surface area (Å²) in [5.41, 5.74) is -0.600. The molecule has 0 spiro atoms. The van der Waals surface area contributed by atoms with E-state index >= 15 is 0 Å². The van der Waals surface area contributed by atoms with Crippen LogP contribution in [0, 0.1) is 28.1 Å². The zero-order valence-corrected chi connectivity index (χ0v) is 32.5. The number of sulfonamides is 1. The van der Waals surface area contributed by atoms with Crippen LogP contribution in [0.4, 0.5) is 13.6 Å². The zero-order chi connectivity index (χ0) is 38.7. The smallest absolute Gasteiger partial charge is 0.315 e. The second kappa shape index (κ2) is 16.1. The number of alkyl halides is 2. The Morgan fingerprint density at radius 1 is 0.980 bits per heavy atom. The summed E-state index contributed by atoms with van der Waals surface area (Å²) < 4.78 is 52.7. The molecule has 12 nitrogen and oxygen atoms in total. The molecule has 1 aromatic rings. The number of hydrogen-bond donors (Lipinski definition) is 4. The van der Waals surface area contributed by atoms with Gasteiger partial charge in [-0.15, -0.1) is 0 Å². The first kappa shape index (κ1) is 42.1. The van der Waals surface area contributed by atoms with Crippen molar-refractivity contribution >= 4 is 33.8 Å². The number of rotatable bonds is 15. The normalized spacial score (nSPS) is 21.8. The number of nitrogens with one attached hydrogen (secondary N) is 4. The maximum absolute atomic E-state index is 14.3. The van der Waals surface area contributed by atoms with Gasteiger partial charge in [-0.3, -0.25) is 14.4 Å². The number of piperidine rings is 1. The predicted octanol–water partition coefficient (Wildman–Crippen LogP) is 3.38. The van der Waals surface area contributed by atoms with Crippen molar-refractivity contribution in [2.24, 2.45) is 28.1 Å². The number of carbonyl (C=O) groups is 4. The van der Waals surface area contributed by atoms with Gasteiger partial charge in [-0.1, -0.05) is 85.7 Å². The number of nitrogens with zero attached hydrogens (tertiary/aromatic N) is 2. The Labute approximate surface area is 302 Å². The molecule has 288 valence electrons. The van der Waals surface area contributed by atoms with Crippen molar-refractivity contribution < 1.29 is 36.4 Å². The number of benzene rings is 1. The van der Waals surface area contributed by atoms with Crippen LogP contribution in [-0.2, 0) is 30.8 Å². The quantitative estimate of drug-likeness (QED) is 0.202. The van der Waals surface area contributed by atoms with Crippen molar-refractivity contribution in [3.8, 4) is 0 Å². The van der Waals surface area contributed by atoms with Crippen LogP contribution in [0.25, 0.3) is 0 Å². The van der Waals surface area contributed by atoms with Crippen molar-refractivity contribution in [3.05, 3.63) is 35.9 Å². The molecule has 0 aromatic heterocycles. The largest absolute Gasteiger partial charge is 0.354 e. The Bertz CT molecular complexity index is 1510. The highest BCUT2D eigenvalue weighted by Crippen LogP contribution is 2.65. The molecule has 0 bridgehead atoms. The molecular formula is C36H58F2N6O6S. The van der Waals surface area contributed by atoms with Crippen molar-refractivity contribution in [1.82, 2.24) is 30.5 Å². The minimum absolute atomic E-state index is 0.00289. The standard InChI is InChI=1S/C36H58F2N6O6S/c1-34(2,3)25(21-43(9)51(10,49)50)41-33(48)42-29(35(4,5)6)32(47)44-20-23-27(36(23,7)8)28(44)31(46)40-24(19-26(37)38)30(45)39-18-14-17-22-15-12-11-13-16-22/h11-13,15-16,23-29H,14,17-21H2,1-10H3,(H,39,45)(H,40,46)(H2,41,42,48)/t23-,24-,25+,27-,28-,29+/m0/s1. The van der Waals surface area contributed by atoms with Gasteiger partial charge in [0, 0.05) is 39.1 Å². The number of halogens is 2. The van der Waals surface area contributed by atoms with E-state index in [1.165, 1.54) is 11.9 Å². The van der Waals surface area contributed by atoms with Gasteiger partial charge < -0.3 is 26.2 Å². The molecule has 51 heavy (non-hydrogen) atoms. The van der Waals surface area contributed by atoms with E-state index in [2.05, 4.69) is 21.3 Å². The summed E-state index contributed by atoms with van der Waals surface area (Å²) in [5, 5.41) is 10.8. The molecule has 1 aromatic carbocycles. The average molecular weight is 741 g/mol. The van der Waals surface area contributed by atoms with Crippen LogP contribution < -0.4 is 21.3 Å². The monoisotopic (exact) mass is 740 g/mol. The van der Waals surface area contributed by atoms with E-state index in [-0.39, 0.29) is 36.9 Å². The third-order valence-electron chi connectivity index (χ3n) is 10.3. The number of hydrogen-bond acceptors (Lipinski definition) is 6. The maximum Gasteiger partial charge on any atom is 0.315 e. The molecule has 1 saturated heterocycles. The summed E-state index contributed by atoms with van der Waals surface area (Å²) in [5.74, 6) is -2.24. The third kappa shape index (κ3) is 11.1. The van der Waals surface area contributed by atoms with Crippen molar-refractivity contribution in [2.75, 3.05) is 32.9 Å². The van der Waals surface area contributed by atoms with E-state index in [1.807, 2.05) is 65.0 Å². The molecule has 1 aliphatic carbocycles. The summed E-state index contributed by atoms with van der Waals surface area (Å²) in [6, 6.07) is 4.68. The fourth-order valence-corrected chi connectivity index (χ4v) is 7.25. The van der Waals surface area contributed by atoms with Gasteiger partial charge in [-0.2, -0.15) is 0 Å². The van der Waals surface area contributed by atoms with Crippen LogP contribution >= 0.6 is 0 Å². The lowest BCUT2D eigenvalue weighted by Crippen LogP contribution is -2.62. The Kier molecular flexibility index (Phi) is 13.3. The van der Waals surface area contributed by atoms with Crippen LogP contribution in [0.15, 0.2) is 30.3 Å². The molecular weight excluding hydrogens is 682 g/mol. The van der Waals surface area contributed by atoms with Crippen LogP contribution in [0.2, 0.25) is 0 Å². The van der Waals surface area contributed by atoms with Gasteiger partial charge in [0.05, 0.1) is 6.26 Å². The van der Waals surface area contributed by atoms with Gasteiger partial charge in [0.25, 0.3) is 0 Å². The van der Waals surface area contributed by atoms with Crippen molar-refractivity contribution in [3.63, 3.8) is 0 Å². The second-order valence-electron chi connectivity index (χ2n) is 16.8. The highest BCUT2D eigenvalue weighted by Gasteiger charge is 2.70. The van der Waals surface area contributed by atoms with Gasteiger partial charge >= 0.3 is 6.03 Å². The molecule has 15 heteroatoms. The summed E-state index contributed by atoms with van der Waals surface area (Å²) in [7, 11) is -2.11. The summed E-state index contributed by atoms with van der Waals surface area (Å²) in [4.78, 5) is 56.2. The first-order valence-electron chi connectivity index (χ1n) is 17.5. The SMILES string of the molecule is CN(C[C@@H](NC(=O)N[C@H](C(=O)N1C[C@H]2[C@@H]([C@H]1C(=O)N[C@@H](CC(F)F)C(=O)NCCCc1ccccc1)C2(C)C)C(C)(C)C)C(C)(C)C)S(C)(=O)=O. The van der Waals surface area contributed by atoms with Crippen molar-refractivity contribution in [1.29, 1.82) is 0 Å². The summed E-state index contributed by atoms with van der Waals surface area (Å²) in [6.07, 6.45) is -1.42. The van der Waals surface area contributed by atoms with E-state index in [9.17, 15) is 36.4 Å². The van der Waals surface area contributed by atoms with E-state index in [0.717, 1.165) is 16.1 Å². The highest BCUT2D eigenvalue weighted by molar-refractivity contribution is 7.88. The number of likely N-dealkylation sites (tertiary alicyclic amines) is 1. The van der Waals surface area contributed by atoms with Crippen LogP contribution in [0.3, 0.4) is 0 Å². The molecule has 3 rings (SSSR count). The van der Waals surface area contributed by atoms with Crippen LogP contribution in [0.1, 0.15) is 73.8 Å². The number of amides is 5. The van der Waals surface area contributed by atoms with E-state index in [0.29, 0.717) is 12.8 Å². The number of carbonyl (C=O) groups excluding carboxylic acids is 4. The van der Waals surface area contributed by atoms with Crippen LogP contribution in [0.5, 0.6) is 0 Å².